The van der Waals surface area contributed by atoms with E-state index in [-0.39, 0.29) is 22.9 Å². The Morgan fingerprint density at radius 3 is 2.52 bits per heavy atom. The molecule has 0 bridgehead atoms. The molecule has 2 N–H and O–H groups in total. The Kier molecular flexibility index (Phi) is 6.51. The van der Waals surface area contributed by atoms with Crippen molar-refractivity contribution in [2.24, 2.45) is 0 Å². The number of methoxy groups -OCH3 is 1. The zero-order chi connectivity index (χ0) is 17.1. The molecule has 0 aliphatic rings. The lowest BCUT2D eigenvalue weighted by atomic mass is 10.3. The van der Waals surface area contributed by atoms with Crippen molar-refractivity contribution in [1.82, 2.24) is 9.97 Å². The maximum absolute atomic E-state index is 11.1. The quantitative estimate of drug-likeness (QED) is 0.591. The minimum Gasteiger partial charge on any atom is -0.497 e. The summed E-state index contributed by atoms with van der Waals surface area (Å²) in [6.07, 6.45) is 0. The van der Waals surface area contributed by atoms with Crippen LogP contribution in [0.2, 0.25) is 0 Å². The van der Waals surface area contributed by atoms with E-state index in [0.29, 0.717) is 5.13 Å². The molecule has 0 saturated carbocycles. The number of aryl methyl sites for hydroxylation is 1. The first-order chi connectivity index (χ1) is 11.5. The van der Waals surface area contributed by atoms with E-state index in [1.54, 1.807) is 7.11 Å². The number of carbonyl (C=O) groups is 1. The number of thiazole rings is 2. The SMILES string of the molecule is Br.COc1ccc(Nc2nc(-c3sc(NC(C)=O)nc3C)cs2)cc1. The van der Waals surface area contributed by atoms with Crippen molar-refractivity contribution in [2.45, 2.75) is 13.8 Å². The van der Waals surface area contributed by atoms with Gasteiger partial charge in [-0.2, -0.15) is 0 Å². The summed E-state index contributed by atoms with van der Waals surface area (Å²) < 4.78 is 5.15. The summed E-state index contributed by atoms with van der Waals surface area (Å²) in [5.74, 6) is 0.682. The summed E-state index contributed by atoms with van der Waals surface area (Å²) in [5.41, 5.74) is 2.64. The van der Waals surface area contributed by atoms with Gasteiger partial charge in [0.05, 0.1) is 23.4 Å². The van der Waals surface area contributed by atoms with Crippen LogP contribution in [0.5, 0.6) is 5.75 Å². The molecule has 0 radical (unpaired) electrons. The van der Waals surface area contributed by atoms with Crippen molar-refractivity contribution in [1.29, 1.82) is 0 Å². The van der Waals surface area contributed by atoms with Gasteiger partial charge in [0.2, 0.25) is 5.91 Å². The molecule has 0 spiro atoms. The van der Waals surface area contributed by atoms with Crippen LogP contribution in [0.1, 0.15) is 12.6 Å². The smallest absolute Gasteiger partial charge is 0.223 e. The van der Waals surface area contributed by atoms with Crippen LogP contribution in [0.15, 0.2) is 29.6 Å². The van der Waals surface area contributed by atoms with Crippen molar-refractivity contribution < 1.29 is 9.53 Å². The number of rotatable bonds is 5. The Morgan fingerprint density at radius 1 is 1.16 bits per heavy atom. The van der Waals surface area contributed by atoms with Crippen molar-refractivity contribution in [3.8, 4) is 16.3 Å². The van der Waals surface area contributed by atoms with Crippen LogP contribution in [-0.2, 0) is 4.79 Å². The maximum Gasteiger partial charge on any atom is 0.223 e. The molecule has 25 heavy (non-hydrogen) atoms. The van der Waals surface area contributed by atoms with E-state index in [2.05, 4.69) is 20.6 Å². The number of nitrogens with one attached hydrogen (secondary N) is 2. The Hall–Kier alpha value is -1.97. The fourth-order valence-electron chi connectivity index (χ4n) is 2.07. The molecule has 1 aromatic carbocycles. The molecular weight excluding hydrogens is 424 g/mol. The molecule has 9 heteroatoms. The van der Waals surface area contributed by atoms with Crippen LogP contribution in [-0.4, -0.2) is 23.0 Å². The molecule has 0 aliphatic carbocycles. The Morgan fingerprint density at radius 2 is 1.88 bits per heavy atom. The van der Waals surface area contributed by atoms with Gasteiger partial charge in [-0.25, -0.2) is 9.97 Å². The standard InChI is InChI=1S/C16H16N4O2S2.BrH/c1-9-14(24-16(17-9)18-10(2)21)13-8-23-15(20-13)19-11-4-6-12(22-3)7-5-11;/h4-8H,1-3H3,(H,19,20)(H,17,18,21);1H. The number of nitrogens with zero attached hydrogens (tertiary/aromatic N) is 2. The van der Waals surface area contributed by atoms with E-state index in [1.807, 2.05) is 36.6 Å². The zero-order valence-corrected chi connectivity index (χ0v) is 17.2. The number of anilines is 3. The topological polar surface area (TPSA) is 76.1 Å². The number of ether oxygens (including phenoxy) is 1. The molecule has 2 aromatic heterocycles. The van der Waals surface area contributed by atoms with E-state index >= 15 is 0 Å². The van der Waals surface area contributed by atoms with E-state index in [1.165, 1.54) is 29.6 Å². The number of hydrogen-bond acceptors (Lipinski definition) is 7. The summed E-state index contributed by atoms with van der Waals surface area (Å²) >= 11 is 2.94. The number of aromatic nitrogens is 2. The van der Waals surface area contributed by atoms with Crippen LogP contribution in [0, 0.1) is 6.92 Å². The average molecular weight is 441 g/mol. The molecule has 2 heterocycles. The number of carbonyl (C=O) groups excluding carboxylic acids is 1. The number of halogens is 1. The van der Waals surface area contributed by atoms with Gasteiger partial charge >= 0.3 is 0 Å². The van der Waals surface area contributed by atoms with Gasteiger partial charge in [0.15, 0.2) is 10.3 Å². The first-order valence-electron chi connectivity index (χ1n) is 7.17. The second-order valence-corrected chi connectivity index (χ2v) is 6.86. The first-order valence-corrected chi connectivity index (χ1v) is 8.87. The summed E-state index contributed by atoms with van der Waals surface area (Å²) in [5, 5.41) is 9.34. The lowest BCUT2D eigenvalue weighted by Gasteiger charge is -2.03. The fourth-order valence-corrected chi connectivity index (χ4v) is 3.84. The number of benzene rings is 1. The van der Waals surface area contributed by atoms with Crippen molar-refractivity contribution in [3.05, 3.63) is 35.3 Å². The van der Waals surface area contributed by atoms with Crippen molar-refractivity contribution in [3.63, 3.8) is 0 Å². The zero-order valence-electron chi connectivity index (χ0n) is 13.8. The summed E-state index contributed by atoms with van der Waals surface area (Å²) in [6, 6.07) is 7.66. The minimum atomic E-state index is -0.129. The van der Waals surface area contributed by atoms with E-state index in [4.69, 9.17) is 4.74 Å². The molecule has 0 atom stereocenters. The maximum atomic E-state index is 11.1. The highest BCUT2D eigenvalue weighted by atomic mass is 79.9. The van der Waals surface area contributed by atoms with E-state index in [0.717, 1.165) is 32.8 Å². The van der Waals surface area contributed by atoms with Gasteiger partial charge in [0, 0.05) is 18.0 Å². The molecule has 0 saturated heterocycles. The predicted octanol–water partition coefficient (Wildman–Crippen LogP) is 4.86. The monoisotopic (exact) mass is 440 g/mol. The lowest BCUT2D eigenvalue weighted by Crippen LogP contribution is -2.04. The molecule has 1 amide bonds. The highest BCUT2D eigenvalue weighted by Gasteiger charge is 2.14. The first kappa shape index (κ1) is 19.4. The van der Waals surface area contributed by atoms with Gasteiger partial charge in [-0.1, -0.05) is 11.3 Å². The second-order valence-electron chi connectivity index (χ2n) is 5.01. The fraction of sp³-hybridized carbons (Fsp3) is 0.188. The predicted molar refractivity (Wildman–Crippen MR) is 109 cm³/mol. The third kappa shape index (κ3) is 4.77. The molecule has 3 aromatic rings. The Bertz CT molecular complexity index is 861. The largest absolute Gasteiger partial charge is 0.497 e. The number of hydrogen-bond donors (Lipinski definition) is 2. The molecule has 6 nitrogen and oxygen atoms in total. The third-order valence-electron chi connectivity index (χ3n) is 3.16. The van der Waals surface area contributed by atoms with Crippen molar-refractivity contribution >= 4 is 61.5 Å². The number of amides is 1. The van der Waals surface area contributed by atoms with Gasteiger partial charge in [-0.05, 0) is 31.2 Å². The van der Waals surface area contributed by atoms with Gasteiger partial charge in [-0.15, -0.1) is 28.3 Å². The highest BCUT2D eigenvalue weighted by molar-refractivity contribution is 8.93. The van der Waals surface area contributed by atoms with Crippen LogP contribution < -0.4 is 15.4 Å². The minimum absolute atomic E-state index is 0. The van der Waals surface area contributed by atoms with Crippen LogP contribution in [0.3, 0.4) is 0 Å². The molecule has 3 rings (SSSR count). The summed E-state index contributed by atoms with van der Waals surface area (Å²) in [7, 11) is 1.64. The third-order valence-corrected chi connectivity index (χ3v) is 5.01. The van der Waals surface area contributed by atoms with Gasteiger partial charge in [0.25, 0.3) is 0 Å². The highest BCUT2D eigenvalue weighted by Crippen LogP contribution is 2.35. The molecular formula is C16H17BrN4O2S2. The van der Waals surface area contributed by atoms with Gasteiger partial charge in [-0.3, -0.25) is 4.79 Å². The van der Waals surface area contributed by atoms with E-state index in [9.17, 15) is 4.79 Å². The molecule has 0 aliphatic heterocycles. The lowest BCUT2D eigenvalue weighted by molar-refractivity contribution is -0.114. The second kappa shape index (κ2) is 8.41. The van der Waals surface area contributed by atoms with Crippen molar-refractivity contribution in [2.75, 3.05) is 17.7 Å². The van der Waals surface area contributed by atoms with Gasteiger partial charge in [0.1, 0.15) is 5.75 Å². The average Bonchev–Trinajstić information content (AvgIpc) is 3.14. The van der Waals surface area contributed by atoms with Crippen LogP contribution >= 0.6 is 39.7 Å². The molecule has 132 valence electrons. The van der Waals surface area contributed by atoms with Crippen LogP contribution in [0.4, 0.5) is 16.0 Å². The Labute approximate surface area is 164 Å². The summed E-state index contributed by atoms with van der Waals surface area (Å²) in [4.78, 5) is 21.1. The summed E-state index contributed by atoms with van der Waals surface area (Å²) in [6.45, 7) is 3.38. The molecule has 0 unspecified atom stereocenters. The Balaban J connectivity index is 0.00000225. The van der Waals surface area contributed by atoms with E-state index < -0.39 is 0 Å². The van der Waals surface area contributed by atoms with Gasteiger partial charge < -0.3 is 15.4 Å². The van der Waals surface area contributed by atoms with Crippen LogP contribution in [0.25, 0.3) is 10.6 Å². The normalized spacial score (nSPS) is 10.0. The molecule has 0 fully saturated rings.